The minimum atomic E-state index is -4.41. The number of thiol groups is 1. The third kappa shape index (κ3) is 13.5. The molecule has 0 spiro atoms. The maximum Gasteiger partial charge on any atom is 0.264 e. The zero-order valence-electron chi connectivity index (χ0n) is 39.7. The van der Waals surface area contributed by atoms with Gasteiger partial charge in [-0.05, 0) is 142 Å². The smallest absolute Gasteiger partial charge is 0.264 e. The highest BCUT2D eigenvalue weighted by Gasteiger charge is 2.31. The average molecular weight is 1000 g/mol. The first-order valence-corrected chi connectivity index (χ1v) is 28.2. The first-order chi connectivity index (χ1) is 32.7. The van der Waals surface area contributed by atoms with Crippen molar-refractivity contribution in [2.75, 3.05) is 102 Å². The third-order valence-corrected chi connectivity index (χ3v) is 17.8. The second kappa shape index (κ2) is 22.9. The molecular weight excluding hydrogens is 934 g/mol. The van der Waals surface area contributed by atoms with Crippen molar-refractivity contribution < 1.29 is 21.6 Å². The zero-order valence-corrected chi connectivity index (χ0v) is 43.0. The van der Waals surface area contributed by atoms with Crippen molar-refractivity contribution >= 4 is 66.9 Å². The highest BCUT2D eigenvalue weighted by atomic mass is 35.5. The Morgan fingerprint density at radius 1 is 0.838 bits per heavy atom. The number of nitrogens with zero attached hydrogens (tertiary/aromatic N) is 5. The topological polar surface area (TPSA) is 126 Å². The maximum absolute atomic E-state index is 13.7. The summed E-state index contributed by atoms with van der Waals surface area (Å²) in [6.45, 7) is 16.3. The molecule has 1 aliphatic carbocycles. The molecule has 4 aromatic rings. The van der Waals surface area contributed by atoms with Crippen molar-refractivity contribution in [2.24, 2.45) is 5.41 Å². The molecule has 1 amide bonds. The first-order valence-electron chi connectivity index (χ1n) is 24.2. The Morgan fingerprint density at radius 2 is 1.51 bits per heavy atom. The largest absolute Gasteiger partial charge is 0.380 e. The van der Waals surface area contributed by atoms with Gasteiger partial charge in [0.25, 0.3) is 15.9 Å². The Hall–Kier alpha value is -3.93. The fourth-order valence-corrected chi connectivity index (χ4v) is 13.0. The van der Waals surface area contributed by atoms with Crippen LogP contribution in [0.1, 0.15) is 68.3 Å². The Balaban J connectivity index is 0.866. The van der Waals surface area contributed by atoms with Gasteiger partial charge in [-0.1, -0.05) is 61.4 Å². The molecule has 8 rings (SSSR count). The average Bonchev–Trinajstić information content (AvgIpc) is 3.33. The lowest BCUT2D eigenvalue weighted by atomic mass is 9.73. The van der Waals surface area contributed by atoms with Gasteiger partial charge in [-0.2, -0.15) is 0 Å². The number of nitrogens with one attached hydrogen (secondary N) is 2. The number of sulfonamides is 1. The summed E-state index contributed by atoms with van der Waals surface area (Å²) in [4.78, 5) is 26.5. The summed E-state index contributed by atoms with van der Waals surface area (Å²) in [5, 5.41) is 4.22. The fourth-order valence-electron chi connectivity index (χ4n) is 10.2. The summed E-state index contributed by atoms with van der Waals surface area (Å²) in [7, 11) is -5.39. The normalized spacial score (nSPS) is 19.9. The number of piperazine rings is 2. The molecule has 0 saturated carbocycles. The molecule has 4 aliphatic rings. The summed E-state index contributed by atoms with van der Waals surface area (Å²) in [6.07, 6.45) is 6.50. The van der Waals surface area contributed by atoms with Crippen molar-refractivity contribution in [3.05, 3.63) is 119 Å². The van der Waals surface area contributed by atoms with E-state index in [2.05, 4.69) is 79.7 Å². The van der Waals surface area contributed by atoms with Crippen LogP contribution in [0.25, 0.3) is 5.57 Å². The highest BCUT2D eigenvalue weighted by molar-refractivity contribution is 7.99. The molecule has 3 aliphatic heterocycles. The van der Waals surface area contributed by atoms with Gasteiger partial charge in [0.1, 0.15) is 0 Å². The standard InChI is InChI=1S/C52H68ClN7O5S3/c1-52(2)23-19-48(39-9-13-42(53)14-10-39)41(36-52)37-58-29-33-59(34-30-58)44-15-11-40(12-16-44)51(61)55-68(64,65)47-17-18-49(50(35-47)67(62)63)54-43(38-66-46-7-5-4-6-8-46)20-26-57-27-31-60(32-28-57)45-21-24-56(3)25-22-45/h4-18,35,43,45,54,67H,19-34,36-38H2,1-3H3,(H,55,61)/t43-/m1/s1. The fraction of sp³-hybridized carbons (Fsp3) is 0.481. The lowest BCUT2D eigenvalue weighted by Gasteiger charge is -2.42. The van der Waals surface area contributed by atoms with E-state index in [-0.39, 0.29) is 26.8 Å². The molecule has 1 atom stereocenters. The quantitative estimate of drug-likeness (QED) is 0.0704. The Labute approximate surface area is 415 Å². The summed E-state index contributed by atoms with van der Waals surface area (Å²) in [6, 6.07) is 29.9. The predicted molar refractivity (Wildman–Crippen MR) is 278 cm³/mol. The second-order valence-corrected chi connectivity index (χ2v) is 24.0. The lowest BCUT2D eigenvalue weighted by molar-refractivity contribution is 0.0640. The minimum absolute atomic E-state index is 0.101. The molecule has 3 saturated heterocycles. The SMILES string of the molecule is CN1CCC(N2CCN(CC[C@H](CSc3ccccc3)Nc3ccc(S(=O)(=O)NC(=O)c4ccc(N5CCN(CC6=C(c7ccc(Cl)cc7)CCC(C)(C)C6)CC5)cc4)cc3[SH](=O)=O)CC2)CC1. The van der Waals surface area contributed by atoms with E-state index in [4.69, 9.17) is 11.6 Å². The van der Waals surface area contributed by atoms with Crippen LogP contribution in [0.2, 0.25) is 5.02 Å². The number of amides is 1. The number of carbonyl (C=O) groups is 1. The number of rotatable bonds is 17. The number of allylic oxidation sites excluding steroid dienone is 1. The van der Waals surface area contributed by atoms with Crippen LogP contribution >= 0.6 is 23.4 Å². The number of carbonyl (C=O) groups excluding carboxylic acids is 1. The Bertz CT molecular complexity index is 2550. The van der Waals surface area contributed by atoms with E-state index in [0.29, 0.717) is 17.5 Å². The molecular formula is C52H68ClN7O5S3. The number of piperidine rings is 1. The molecule has 2 N–H and O–H groups in total. The van der Waals surface area contributed by atoms with Crippen LogP contribution in [-0.2, 0) is 20.7 Å². The lowest BCUT2D eigenvalue weighted by Crippen LogP contribution is -2.53. The van der Waals surface area contributed by atoms with Crippen molar-refractivity contribution in [2.45, 2.75) is 79.1 Å². The summed E-state index contributed by atoms with van der Waals surface area (Å²) >= 11 is 7.92. The zero-order chi connectivity index (χ0) is 47.8. The molecule has 0 bridgehead atoms. The van der Waals surface area contributed by atoms with Crippen LogP contribution in [0.4, 0.5) is 11.4 Å². The van der Waals surface area contributed by atoms with Gasteiger partial charge < -0.3 is 20.0 Å². The van der Waals surface area contributed by atoms with E-state index in [1.54, 1.807) is 23.9 Å². The van der Waals surface area contributed by atoms with Crippen LogP contribution in [0.3, 0.4) is 0 Å². The molecule has 0 radical (unpaired) electrons. The van der Waals surface area contributed by atoms with E-state index in [0.717, 1.165) is 126 Å². The molecule has 12 nitrogen and oxygen atoms in total. The van der Waals surface area contributed by atoms with E-state index in [9.17, 15) is 21.6 Å². The molecule has 68 heavy (non-hydrogen) atoms. The minimum Gasteiger partial charge on any atom is -0.380 e. The van der Waals surface area contributed by atoms with Gasteiger partial charge in [0.15, 0.2) is 10.7 Å². The van der Waals surface area contributed by atoms with Crippen LogP contribution in [0.15, 0.2) is 117 Å². The maximum atomic E-state index is 13.7. The number of benzene rings is 4. The monoisotopic (exact) mass is 1000 g/mol. The summed E-state index contributed by atoms with van der Waals surface area (Å²) in [5.74, 6) is -0.106. The summed E-state index contributed by atoms with van der Waals surface area (Å²) < 4.78 is 55.0. The van der Waals surface area contributed by atoms with Crippen LogP contribution in [0.5, 0.6) is 0 Å². The van der Waals surface area contributed by atoms with Gasteiger partial charge >= 0.3 is 0 Å². The van der Waals surface area contributed by atoms with Gasteiger partial charge in [-0.15, -0.1) is 11.8 Å². The second-order valence-electron chi connectivity index (χ2n) is 19.8. The van der Waals surface area contributed by atoms with E-state index in [1.807, 2.05) is 42.5 Å². The molecule has 0 unspecified atom stereocenters. The predicted octanol–water partition coefficient (Wildman–Crippen LogP) is 7.89. The number of hydrogen-bond acceptors (Lipinski definition) is 12. The van der Waals surface area contributed by atoms with Crippen LogP contribution in [-0.4, -0.2) is 146 Å². The number of halogens is 1. The van der Waals surface area contributed by atoms with Gasteiger partial charge in [0.05, 0.1) is 15.5 Å². The number of likely N-dealkylation sites (tertiary alicyclic amines) is 1. The molecule has 16 heteroatoms. The molecule has 3 heterocycles. The van der Waals surface area contributed by atoms with Gasteiger partial charge in [0.2, 0.25) is 0 Å². The van der Waals surface area contributed by atoms with Crippen molar-refractivity contribution in [3.8, 4) is 0 Å². The van der Waals surface area contributed by atoms with Gasteiger partial charge in [0, 0.05) is 104 Å². The van der Waals surface area contributed by atoms with Crippen molar-refractivity contribution in [1.29, 1.82) is 0 Å². The summed E-state index contributed by atoms with van der Waals surface area (Å²) in [5.41, 5.74) is 5.96. The molecule has 3 fully saturated rings. The first kappa shape index (κ1) is 50.5. The van der Waals surface area contributed by atoms with Gasteiger partial charge in [-0.25, -0.2) is 21.6 Å². The van der Waals surface area contributed by atoms with E-state index < -0.39 is 26.6 Å². The van der Waals surface area contributed by atoms with Gasteiger partial charge in [-0.3, -0.25) is 14.6 Å². The van der Waals surface area contributed by atoms with Crippen molar-refractivity contribution in [1.82, 2.24) is 24.3 Å². The van der Waals surface area contributed by atoms with Crippen molar-refractivity contribution in [3.63, 3.8) is 0 Å². The molecule has 0 aromatic heterocycles. The third-order valence-electron chi connectivity index (χ3n) is 14.3. The number of anilines is 2. The van der Waals surface area contributed by atoms with Crippen LogP contribution in [0, 0.1) is 5.41 Å². The number of hydrogen-bond donors (Lipinski definition) is 3. The molecule has 366 valence electrons. The highest BCUT2D eigenvalue weighted by Crippen LogP contribution is 2.43. The van der Waals surface area contributed by atoms with Crippen LogP contribution < -0.4 is 14.9 Å². The van der Waals surface area contributed by atoms with E-state index in [1.165, 1.54) is 41.7 Å². The molecule has 4 aromatic carbocycles. The Morgan fingerprint density at radius 3 is 2.19 bits per heavy atom. The van der Waals surface area contributed by atoms with E-state index >= 15 is 0 Å². The Kier molecular flexibility index (Phi) is 17.0. The number of thioether (sulfide) groups is 1.